The van der Waals surface area contributed by atoms with E-state index in [1.807, 2.05) is 24.3 Å². The summed E-state index contributed by atoms with van der Waals surface area (Å²) in [6, 6.07) is 14.0. The van der Waals surface area contributed by atoms with Gasteiger partial charge in [0.25, 0.3) is 10.0 Å². The van der Waals surface area contributed by atoms with E-state index in [0.29, 0.717) is 33.6 Å². The number of carbonyl (C=O) groups is 2. The third-order valence-corrected chi connectivity index (χ3v) is 7.94. The van der Waals surface area contributed by atoms with Crippen LogP contribution in [0.1, 0.15) is 31.2 Å². The number of hydrogen-bond acceptors (Lipinski definition) is 10. The van der Waals surface area contributed by atoms with Crippen molar-refractivity contribution in [2.24, 2.45) is 4.99 Å². The Morgan fingerprint density at radius 1 is 1.10 bits per heavy atom. The van der Waals surface area contributed by atoms with E-state index in [1.54, 1.807) is 21.0 Å². The number of ether oxygens (including phenoxy) is 1. The van der Waals surface area contributed by atoms with Crippen molar-refractivity contribution in [3.05, 3.63) is 77.2 Å². The maximum absolute atomic E-state index is 12.6. The van der Waals surface area contributed by atoms with Gasteiger partial charge in [-0.3, -0.25) is 14.3 Å². The number of thioether (sulfide) groups is 1. The summed E-state index contributed by atoms with van der Waals surface area (Å²) in [7, 11) is -2.29. The largest absolute Gasteiger partial charge is 0.497 e. The molecule has 4 rings (SSSR count). The topological polar surface area (TPSA) is 152 Å². The Bertz CT molecular complexity index is 1540. The number of rotatable bonds is 9. The molecule has 0 aliphatic carbocycles. The lowest BCUT2D eigenvalue weighted by molar-refractivity contribution is -0.114. The summed E-state index contributed by atoms with van der Waals surface area (Å²) in [6.45, 7) is 4.95. The van der Waals surface area contributed by atoms with Gasteiger partial charge in [0.1, 0.15) is 17.6 Å². The first-order chi connectivity index (χ1) is 18.6. The molecule has 204 valence electrons. The van der Waals surface area contributed by atoms with Gasteiger partial charge in [0.2, 0.25) is 5.91 Å². The second kappa shape index (κ2) is 11.7. The first-order valence-corrected chi connectivity index (χ1v) is 14.2. The average molecular weight is 570 g/mol. The van der Waals surface area contributed by atoms with Crippen LogP contribution in [-0.2, 0) is 19.6 Å². The van der Waals surface area contributed by atoms with Crippen molar-refractivity contribution < 1.29 is 27.3 Å². The van der Waals surface area contributed by atoms with Gasteiger partial charge in [-0.05, 0) is 62.7 Å². The number of aryl methyl sites for hydroxylation is 1. The minimum Gasteiger partial charge on any atom is -0.497 e. The lowest BCUT2D eigenvalue weighted by Gasteiger charge is -2.25. The number of aliphatic imine (C=N–C) groups is 1. The normalized spacial score (nSPS) is 15.3. The van der Waals surface area contributed by atoms with E-state index < -0.39 is 16.1 Å². The van der Waals surface area contributed by atoms with Gasteiger partial charge in [0.05, 0.1) is 17.8 Å². The summed E-state index contributed by atoms with van der Waals surface area (Å²) < 4.78 is 37.5. The molecule has 1 aliphatic heterocycles. The molecule has 13 heteroatoms. The van der Waals surface area contributed by atoms with Crippen LogP contribution < -0.4 is 20.1 Å². The second-order valence-corrected chi connectivity index (χ2v) is 11.3. The van der Waals surface area contributed by atoms with E-state index in [1.165, 1.54) is 49.0 Å². The minimum absolute atomic E-state index is 0.00407. The number of allylic oxidation sites excluding steroid dienone is 1. The Balaban J connectivity index is 1.39. The predicted octanol–water partition coefficient (Wildman–Crippen LogP) is 4.03. The molecule has 0 saturated carbocycles. The summed E-state index contributed by atoms with van der Waals surface area (Å²) in [5, 5.41) is 9.99. The maximum atomic E-state index is 12.6. The van der Waals surface area contributed by atoms with Crippen LogP contribution in [0.3, 0.4) is 0 Å². The number of ketones is 1. The van der Waals surface area contributed by atoms with Crippen LogP contribution >= 0.6 is 11.8 Å². The number of amidine groups is 1. The molecule has 0 fully saturated rings. The quantitative estimate of drug-likeness (QED) is 0.347. The molecular weight excluding hydrogens is 542 g/mol. The van der Waals surface area contributed by atoms with Crippen molar-refractivity contribution >= 4 is 50.1 Å². The molecule has 1 atom stereocenters. The Morgan fingerprint density at radius 3 is 2.38 bits per heavy atom. The highest BCUT2D eigenvalue weighted by Gasteiger charge is 2.27. The van der Waals surface area contributed by atoms with Gasteiger partial charge in [0, 0.05) is 23.0 Å². The maximum Gasteiger partial charge on any atom is 0.263 e. The smallest absolute Gasteiger partial charge is 0.263 e. The van der Waals surface area contributed by atoms with Crippen molar-refractivity contribution in [2.75, 3.05) is 22.9 Å². The van der Waals surface area contributed by atoms with E-state index in [9.17, 15) is 18.0 Å². The monoisotopic (exact) mass is 569 g/mol. The fourth-order valence-corrected chi connectivity index (χ4v) is 5.59. The van der Waals surface area contributed by atoms with Crippen LogP contribution in [0.2, 0.25) is 0 Å². The number of nitrogens with one attached hydrogen (secondary N) is 3. The Labute approximate surface area is 230 Å². The number of aromatic nitrogens is 1. The molecule has 0 spiro atoms. The van der Waals surface area contributed by atoms with Crippen LogP contribution in [0, 0.1) is 6.92 Å². The zero-order chi connectivity index (χ0) is 28.2. The van der Waals surface area contributed by atoms with Crippen LogP contribution in [-0.4, -0.2) is 43.3 Å². The zero-order valence-corrected chi connectivity index (χ0v) is 23.3. The summed E-state index contributed by atoms with van der Waals surface area (Å²) in [4.78, 5) is 29.7. The number of hydrogen-bond donors (Lipinski definition) is 3. The summed E-state index contributed by atoms with van der Waals surface area (Å²) in [5.41, 5.74) is 2.48. The minimum atomic E-state index is -3.87. The van der Waals surface area contributed by atoms with Gasteiger partial charge in [0.15, 0.2) is 16.8 Å². The number of amides is 1. The van der Waals surface area contributed by atoms with Gasteiger partial charge in [-0.1, -0.05) is 29.1 Å². The Morgan fingerprint density at radius 2 is 1.79 bits per heavy atom. The highest BCUT2D eigenvalue weighted by atomic mass is 32.2. The SMILES string of the molecule is COc1ccc(C2N=C(SCC(=O)Nc3ccc(S(=O)(=O)Nc4cc(C)on4)cc3)NC(C)=C2C(C)=O)cc1. The van der Waals surface area contributed by atoms with Crippen molar-refractivity contribution in [1.29, 1.82) is 0 Å². The van der Waals surface area contributed by atoms with Crippen molar-refractivity contribution in [1.82, 2.24) is 10.5 Å². The van der Waals surface area contributed by atoms with Gasteiger partial charge in [-0.25, -0.2) is 13.4 Å². The number of carbonyl (C=O) groups excluding carboxylic acids is 2. The van der Waals surface area contributed by atoms with E-state index in [4.69, 9.17) is 14.3 Å². The van der Waals surface area contributed by atoms with Gasteiger partial charge in [-0.15, -0.1) is 0 Å². The Kier molecular flexibility index (Phi) is 8.41. The number of sulfonamides is 1. The van der Waals surface area contributed by atoms with Crippen molar-refractivity contribution in [3.8, 4) is 5.75 Å². The first kappa shape index (κ1) is 27.9. The van der Waals surface area contributed by atoms with Crippen molar-refractivity contribution in [2.45, 2.75) is 31.7 Å². The zero-order valence-electron chi connectivity index (χ0n) is 21.6. The number of methoxy groups -OCH3 is 1. The van der Waals surface area contributed by atoms with Gasteiger partial charge < -0.3 is 19.9 Å². The molecule has 1 unspecified atom stereocenters. The fraction of sp³-hybridized carbons (Fsp3) is 0.231. The van der Waals surface area contributed by atoms with E-state index >= 15 is 0 Å². The van der Waals surface area contributed by atoms with Crippen molar-refractivity contribution in [3.63, 3.8) is 0 Å². The highest BCUT2D eigenvalue weighted by Crippen LogP contribution is 2.33. The lowest BCUT2D eigenvalue weighted by Crippen LogP contribution is -2.30. The van der Waals surface area contributed by atoms with Crippen LogP contribution in [0.15, 0.2) is 80.3 Å². The van der Waals surface area contributed by atoms with Crippen LogP contribution in [0.25, 0.3) is 0 Å². The first-order valence-electron chi connectivity index (χ1n) is 11.7. The molecule has 1 amide bonds. The molecule has 2 aromatic carbocycles. The highest BCUT2D eigenvalue weighted by molar-refractivity contribution is 8.14. The standard InChI is InChI=1S/C26H27N5O6S2/c1-15-13-22(30-37-15)31-39(34,35)21-11-7-19(8-12-21)28-23(33)14-38-26-27-16(2)24(17(3)32)25(29-26)18-5-9-20(36-4)10-6-18/h5-13,25H,14H2,1-4H3,(H,27,29)(H,28,33)(H,30,31). The molecule has 1 aliphatic rings. The molecular formula is C26H27N5O6S2. The van der Waals surface area contributed by atoms with Crippen LogP contribution in [0.5, 0.6) is 5.75 Å². The molecule has 1 aromatic heterocycles. The molecule has 2 heterocycles. The van der Waals surface area contributed by atoms with Crippen LogP contribution in [0.4, 0.5) is 11.5 Å². The predicted molar refractivity (Wildman–Crippen MR) is 149 cm³/mol. The molecule has 0 saturated heterocycles. The molecule has 0 radical (unpaired) electrons. The third kappa shape index (κ3) is 6.86. The van der Waals surface area contributed by atoms with E-state index in [2.05, 4.69) is 20.5 Å². The number of nitrogens with zero attached hydrogens (tertiary/aromatic N) is 2. The average Bonchev–Trinajstić information content (AvgIpc) is 3.30. The van der Waals surface area contributed by atoms with Gasteiger partial charge in [-0.2, -0.15) is 0 Å². The Hall–Kier alpha value is -4.10. The number of anilines is 2. The fourth-order valence-electron chi connectivity index (χ4n) is 3.86. The lowest BCUT2D eigenvalue weighted by atomic mass is 9.94. The molecule has 3 N–H and O–H groups in total. The number of benzene rings is 2. The molecule has 0 bridgehead atoms. The van der Waals surface area contributed by atoms with Gasteiger partial charge >= 0.3 is 0 Å². The molecule has 3 aromatic rings. The molecule has 39 heavy (non-hydrogen) atoms. The second-order valence-electron chi connectivity index (χ2n) is 8.62. The summed E-state index contributed by atoms with van der Waals surface area (Å²) in [5.74, 6) is 0.881. The number of Topliss-reactive ketones (excluding diaryl/α,β-unsaturated/α-hetero) is 1. The summed E-state index contributed by atoms with van der Waals surface area (Å²) >= 11 is 1.19. The van der Waals surface area contributed by atoms with E-state index in [0.717, 1.165) is 5.56 Å². The van der Waals surface area contributed by atoms with E-state index in [-0.39, 0.29) is 28.2 Å². The summed E-state index contributed by atoms with van der Waals surface area (Å²) in [6.07, 6.45) is 0. The third-order valence-electron chi connectivity index (χ3n) is 5.68. The molecule has 11 nitrogen and oxygen atoms in total.